The highest BCUT2D eigenvalue weighted by Gasteiger charge is 2.25. The lowest BCUT2D eigenvalue weighted by Gasteiger charge is -2.16. The van der Waals surface area contributed by atoms with Crippen molar-refractivity contribution in [3.8, 4) is 0 Å². The lowest BCUT2D eigenvalue weighted by Crippen LogP contribution is -2.27. The molecule has 96 valence electrons. The van der Waals surface area contributed by atoms with Gasteiger partial charge in [-0.25, -0.2) is 4.98 Å². The fourth-order valence-corrected chi connectivity index (χ4v) is 1.89. The van der Waals surface area contributed by atoms with Crippen molar-refractivity contribution in [2.45, 2.75) is 25.4 Å². The molecular weight excluding hydrogens is 216 g/mol. The second-order valence-electron chi connectivity index (χ2n) is 4.58. The molecule has 0 radical (unpaired) electrons. The van der Waals surface area contributed by atoms with Gasteiger partial charge in [-0.3, -0.25) is 0 Å². The molecule has 0 unspecified atom stereocenters. The van der Waals surface area contributed by atoms with Gasteiger partial charge in [0.1, 0.15) is 0 Å². The molecule has 0 aliphatic heterocycles. The predicted molar refractivity (Wildman–Crippen MR) is 68.2 cm³/mol. The Bertz CT molecular complexity index is 335. The molecule has 0 amide bonds. The van der Waals surface area contributed by atoms with Crippen LogP contribution in [0.3, 0.4) is 0 Å². The molecule has 0 saturated heterocycles. The summed E-state index contributed by atoms with van der Waals surface area (Å²) in [4.78, 5) is 6.72. The van der Waals surface area contributed by atoms with Crippen LogP contribution < -0.4 is 5.32 Å². The Labute approximate surface area is 103 Å². The molecule has 0 atom stereocenters. The average molecular weight is 238 g/mol. The lowest BCUT2D eigenvalue weighted by molar-refractivity contribution is 0.187. The zero-order valence-electron chi connectivity index (χ0n) is 10.7. The van der Waals surface area contributed by atoms with E-state index in [2.05, 4.69) is 26.8 Å². The molecule has 17 heavy (non-hydrogen) atoms. The SMILES string of the molecule is COCCn1ccnc1NCCN(C)C1CC1. The zero-order chi connectivity index (χ0) is 12.1. The van der Waals surface area contributed by atoms with Crippen molar-refractivity contribution in [1.82, 2.24) is 14.5 Å². The smallest absolute Gasteiger partial charge is 0.202 e. The summed E-state index contributed by atoms with van der Waals surface area (Å²) in [7, 11) is 3.91. The maximum atomic E-state index is 5.07. The van der Waals surface area contributed by atoms with E-state index in [4.69, 9.17) is 4.74 Å². The quantitative estimate of drug-likeness (QED) is 0.734. The molecule has 1 heterocycles. The van der Waals surface area contributed by atoms with Crippen LogP contribution in [0.15, 0.2) is 12.4 Å². The Balaban J connectivity index is 1.71. The average Bonchev–Trinajstić information content (AvgIpc) is 3.09. The van der Waals surface area contributed by atoms with Crippen molar-refractivity contribution in [3.63, 3.8) is 0 Å². The summed E-state index contributed by atoms with van der Waals surface area (Å²) in [6, 6.07) is 0.824. The van der Waals surface area contributed by atoms with Crippen LogP contribution in [0.5, 0.6) is 0 Å². The Hall–Kier alpha value is -1.07. The standard InChI is InChI=1S/C12H22N4O/c1-15(11-3-4-11)7-5-13-12-14-6-8-16(12)9-10-17-2/h6,8,11H,3-5,7,9-10H2,1-2H3,(H,13,14). The van der Waals surface area contributed by atoms with Gasteiger partial charge < -0.3 is 19.5 Å². The third-order valence-electron chi connectivity index (χ3n) is 3.17. The Morgan fingerprint density at radius 2 is 2.41 bits per heavy atom. The lowest BCUT2D eigenvalue weighted by atomic mass is 10.5. The van der Waals surface area contributed by atoms with E-state index < -0.39 is 0 Å². The Morgan fingerprint density at radius 1 is 1.59 bits per heavy atom. The van der Waals surface area contributed by atoms with E-state index in [1.54, 1.807) is 7.11 Å². The van der Waals surface area contributed by atoms with Crippen molar-refractivity contribution in [2.24, 2.45) is 0 Å². The number of nitrogens with one attached hydrogen (secondary N) is 1. The van der Waals surface area contributed by atoms with Crippen molar-refractivity contribution in [2.75, 3.05) is 39.2 Å². The normalized spacial score (nSPS) is 15.5. The molecular formula is C12H22N4O. The van der Waals surface area contributed by atoms with Crippen LogP contribution in [0, 0.1) is 0 Å². The van der Waals surface area contributed by atoms with Gasteiger partial charge in [0.15, 0.2) is 0 Å². The predicted octanol–water partition coefficient (Wildman–Crippen LogP) is 1.04. The molecule has 1 aliphatic carbocycles. The summed E-state index contributed by atoms with van der Waals surface area (Å²) in [5, 5.41) is 3.37. The third-order valence-corrected chi connectivity index (χ3v) is 3.17. The van der Waals surface area contributed by atoms with Gasteiger partial charge in [0.05, 0.1) is 6.61 Å². The van der Waals surface area contributed by atoms with E-state index in [9.17, 15) is 0 Å². The van der Waals surface area contributed by atoms with Crippen molar-refractivity contribution < 1.29 is 4.74 Å². The Morgan fingerprint density at radius 3 is 3.12 bits per heavy atom. The highest BCUT2D eigenvalue weighted by molar-refractivity contribution is 5.25. The molecule has 2 rings (SSSR count). The van der Waals surface area contributed by atoms with E-state index in [1.165, 1.54) is 12.8 Å². The second kappa shape index (κ2) is 6.02. The molecule has 0 spiro atoms. The van der Waals surface area contributed by atoms with Crippen LogP contribution in [0.1, 0.15) is 12.8 Å². The van der Waals surface area contributed by atoms with Crippen molar-refractivity contribution in [1.29, 1.82) is 0 Å². The van der Waals surface area contributed by atoms with Crippen LogP contribution in [0.25, 0.3) is 0 Å². The van der Waals surface area contributed by atoms with Gasteiger partial charge in [-0.15, -0.1) is 0 Å². The number of anilines is 1. The minimum atomic E-state index is 0.715. The molecule has 1 aliphatic rings. The van der Waals surface area contributed by atoms with Gasteiger partial charge in [0.25, 0.3) is 0 Å². The fraction of sp³-hybridized carbons (Fsp3) is 0.750. The van der Waals surface area contributed by atoms with E-state index in [0.717, 1.165) is 31.6 Å². The number of aromatic nitrogens is 2. The fourth-order valence-electron chi connectivity index (χ4n) is 1.89. The molecule has 5 heteroatoms. The maximum absolute atomic E-state index is 5.07. The van der Waals surface area contributed by atoms with E-state index >= 15 is 0 Å². The van der Waals surface area contributed by atoms with Crippen molar-refractivity contribution in [3.05, 3.63) is 12.4 Å². The first-order chi connectivity index (χ1) is 8.31. The first-order valence-electron chi connectivity index (χ1n) is 6.25. The number of rotatable bonds is 8. The largest absolute Gasteiger partial charge is 0.383 e. The Kier molecular flexibility index (Phi) is 4.39. The summed E-state index contributed by atoms with van der Waals surface area (Å²) < 4.78 is 7.15. The van der Waals surface area contributed by atoms with Crippen LogP contribution in [-0.2, 0) is 11.3 Å². The summed E-state index contributed by atoms with van der Waals surface area (Å²) in [6.45, 7) is 3.57. The number of likely N-dealkylation sites (N-methyl/N-ethyl adjacent to an activating group) is 1. The summed E-state index contributed by atoms with van der Waals surface area (Å²) in [5.74, 6) is 0.936. The number of hydrogen-bond donors (Lipinski definition) is 1. The first kappa shape index (κ1) is 12.4. The molecule has 5 nitrogen and oxygen atoms in total. The van der Waals surface area contributed by atoms with Gasteiger partial charge in [-0.2, -0.15) is 0 Å². The van der Waals surface area contributed by atoms with Crippen LogP contribution >= 0.6 is 0 Å². The summed E-state index contributed by atoms with van der Waals surface area (Å²) in [6.07, 6.45) is 6.52. The molecule has 1 fully saturated rings. The van der Waals surface area contributed by atoms with Gasteiger partial charge in [-0.1, -0.05) is 0 Å². The van der Waals surface area contributed by atoms with Gasteiger partial charge in [0, 0.05) is 45.2 Å². The number of nitrogens with zero attached hydrogens (tertiary/aromatic N) is 3. The summed E-state index contributed by atoms with van der Waals surface area (Å²) in [5.41, 5.74) is 0. The van der Waals surface area contributed by atoms with Gasteiger partial charge >= 0.3 is 0 Å². The number of imidazole rings is 1. The van der Waals surface area contributed by atoms with Gasteiger partial charge in [-0.05, 0) is 19.9 Å². The maximum Gasteiger partial charge on any atom is 0.202 e. The van der Waals surface area contributed by atoms with Crippen molar-refractivity contribution >= 4 is 5.95 Å². The highest BCUT2D eigenvalue weighted by atomic mass is 16.5. The highest BCUT2D eigenvalue weighted by Crippen LogP contribution is 2.24. The van der Waals surface area contributed by atoms with Crippen LogP contribution in [0.4, 0.5) is 5.95 Å². The number of methoxy groups -OCH3 is 1. The number of hydrogen-bond acceptors (Lipinski definition) is 4. The zero-order valence-corrected chi connectivity index (χ0v) is 10.7. The molecule has 1 aromatic rings. The minimum absolute atomic E-state index is 0.715. The van der Waals surface area contributed by atoms with E-state index in [0.29, 0.717) is 6.61 Å². The molecule has 1 saturated carbocycles. The molecule has 1 aromatic heterocycles. The molecule has 0 aromatic carbocycles. The first-order valence-corrected chi connectivity index (χ1v) is 6.25. The van der Waals surface area contributed by atoms with E-state index in [1.807, 2.05) is 12.4 Å². The minimum Gasteiger partial charge on any atom is -0.383 e. The monoisotopic (exact) mass is 238 g/mol. The van der Waals surface area contributed by atoms with Gasteiger partial charge in [0.2, 0.25) is 5.95 Å². The molecule has 0 bridgehead atoms. The van der Waals surface area contributed by atoms with Crippen LogP contribution in [0.2, 0.25) is 0 Å². The van der Waals surface area contributed by atoms with E-state index in [-0.39, 0.29) is 0 Å². The topological polar surface area (TPSA) is 42.3 Å². The molecule has 1 N–H and O–H groups in total. The third kappa shape index (κ3) is 3.71. The second-order valence-corrected chi connectivity index (χ2v) is 4.58. The summed E-state index contributed by atoms with van der Waals surface area (Å²) >= 11 is 0. The number of ether oxygens (including phenoxy) is 1. The van der Waals surface area contributed by atoms with Crippen LogP contribution in [-0.4, -0.2) is 54.3 Å².